The van der Waals surface area contributed by atoms with Gasteiger partial charge in [-0.15, -0.1) is 0 Å². The molecule has 2 rings (SSSR count). The maximum absolute atomic E-state index is 13.2. The highest BCUT2D eigenvalue weighted by molar-refractivity contribution is 6.05. The molecule has 0 aliphatic carbocycles. The number of nitrogens with one attached hydrogen (secondary N) is 1. The molecule has 0 unspecified atom stereocenters. The van der Waals surface area contributed by atoms with Gasteiger partial charge in [-0.25, -0.2) is 4.39 Å². The molecule has 0 saturated heterocycles. The zero-order chi connectivity index (χ0) is 18.2. The molecule has 0 aromatic heterocycles. The average molecular weight is 345 g/mol. The van der Waals surface area contributed by atoms with Gasteiger partial charge < -0.3 is 14.8 Å². The summed E-state index contributed by atoms with van der Waals surface area (Å²) in [6, 6.07) is 9.35. The van der Waals surface area contributed by atoms with Gasteiger partial charge in [0.05, 0.1) is 13.2 Å². The summed E-state index contributed by atoms with van der Waals surface area (Å²) in [7, 11) is 0. The first kappa shape index (κ1) is 18.8. The molecule has 1 N–H and O–H groups in total. The third-order valence-electron chi connectivity index (χ3n) is 3.70. The number of aryl methyl sites for hydroxylation is 1. The van der Waals surface area contributed by atoms with Crippen LogP contribution in [0.15, 0.2) is 36.4 Å². The standard InChI is InChI=1S/C20H24FNO3/c1-4-6-11-25-18-10-7-15(13-19(18)24-5-2)20(23)22-17-9-8-16(21)12-14(17)3/h7-10,12-13H,4-6,11H2,1-3H3,(H,22,23). The molecule has 1 amide bonds. The molecule has 0 atom stereocenters. The molecule has 0 fully saturated rings. The van der Waals surface area contributed by atoms with Crippen LogP contribution in [-0.2, 0) is 0 Å². The Morgan fingerprint density at radius 3 is 2.56 bits per heavy atom. The van der Waals surface area contributed by atoms with Crippen molar-refractivity contribution < 1.29 is 18.7 Å². The monoisotopic (exact) mass is 345 g/mol. The molecule has 134 valence electrons. The number of benzene rings is 2. The third kappa shape index (κ3) is 5.21. The van der Waals surface area contributed by atoms with Gasteiger partial charge in [0.25, 0.3) is 5.91 Å². The van der Waals surface area contributed by atoms with Crippen molar-refractivity contribution in [3.8, 4) is 11.5 Å². The van der Waals surface area contributed by atoms with Gasteiger partial charge in [-0.1, -0.05) is 13.3 Å². The minimum Gasteiger partial charge on any atom is -0.490 e. The predicted molar refractivity (Wildman–Crippen MR) is 97.1 cm³/mol. The summed E-state index contributed by atoms with van der Waals surface area (Å²) in [6.07, 6.45) is 2.00. The lowest BCUT2D eigenvalue weighted by Gasteiger charge is -2.14. The highest BCUT2D eigenvalue weighted by atomic mass is 19.1. The van der Waals surface area contributed by atoms with E-state index in [9.17, 15) is 9.18 Å². The van der Waals surface area contributed by atoms with Crippen LogP contribution in [0.25, 0.3) is 0 Å². The average Bonchev–Trinajstić information content (AvgIpc) is 2.59. The molecular formula is C20H24FNO3. The lowest BCUT2D eigenvalue weighted by Crippen LogP contribution is -2.13. The Bertz CT molecular complexity index is 731. The molecule has 0 radical (unpaired) electrons. The number of halogens is 1. The molecule has 0 saturated carbocycles. The second-order valence-corrected chi connectivity index (χ2v) is 5.71. The number of hydrogen-bond donors (Lipinski definition) is 1. The second kappa shape index (κ2) is 9.06. The van der Waals surface area contributed by atoms with Gasteiger partial charge in [0.1, 0.15) is 5.82 Å². The van der Waals surface area contributed by atoms with E-state index >= 15 is 0 Å². The largest absolute Gasteiger partial charge is 0.490 e. The topological polar surface area (TPSA) is 47.6 Å². The third-order valence-corrected chi connectivity index (χ3v) is 3.70. The fourth-order valence-corrected chi connectivity index (χ4v) is 2.33. The molecule has 0 bridgehead atoms. The number of hydrogen-bond acceptors (Lipinski definition) is 3. The van der Waals surface area contributed by atoms with E-state index < -0.39 is 0 Å². The lowest BCUT2D eigenvalue weighted by atomic mass is 10.1. The van der Waals surface area contributed by atoms with Crippen molar-refractivity contribution in [2.24, 2.45) is 0 Å². The number of ether oxygens (including phenoxy) is 2. The van der Waals surface area contributed by atoms with Gasteiger partial charge >= 0.3 is 0 Å². The van der Waals surface area contributed by atoms with Crippen LogP contribution in [0.5, 0.6) is 11.5 Å². The van der Waals surface area contributed by atoms with E-state index in [1.807, 2.05) is 6.92 Å². The summed E-state index contributed by atoms with van der Waals surface area (Å²) in [5.74, 6) is 0.561. The van der Waals surface area contributed by atoms with Crippen molar-refractivity contribution in [1.29, 1.82) is 0 Å². The molecule has 0 aliphatic heterocycles. The lowest BCUT2D eigenvalue weighted by molar-refractivity contribution is 0.102. The van der Waals surface area contributed by atoms with Crippen LogP contribution >= 0.6 is 0 Å². The molecule has 5 heteroatoms. The smallest absolute Gasteiger partial charge is 0.255 e. The van der Waals surface area contributed by atoms with Gasteiger partial charge in [-0.2, -0.15) is 0 Å². The zero-order valence-electron chi connectivity index (χ0n) is 14.9. The predicted octanol–water partition coefficient (Wildman–Crippen LogP) is 4.96. The number of carbonyl (C=O) groups excluding carboxylic acids is 1. The van der Waals surface area contributed by atoms with Gasteiger partial charge in [0.2, 0.25) is 0 Å². The van der Waals surface area contributed by atoms with Crippen LogP contribution in [0, 0.1) is 12.7 Å². The molecule has 25 heavy (non-hydrogen) atoms. The van der Waals surface area contributed by atoms with E-state index in [1.165, 1.54) is 12.1 Å². The minimum atomic E-state index is -0.331. The highest BCUT2D eigenvalue weighted by Gasteiger charge is 2.13. The van der Waals surface area contributed by atoms with Gasteiger partial charge in [-0.05, 0) is 62.2 Å². The molecule has 0 heterocycles. The number of amides is 1. The fraction of sp³-hybridized carbons (Fsp3) is 0.350. The van der Waals surface area contributed by atoms with Crippen molar-refractivity contribution in [1.82, 2.24) is 0 Å². The van der Waals surface area contributed by atoms with Crippen molar-refractivity contribution in [3.63, 3.8) is 0 Å². The van der Waals surface area contributed by atoms with Crippen LogP contribution in [0.4, 0.5) is 10.1 Å². The summed E-state index contributed by atoms with van der Waals surface area (Å²) in [4.78, 5) is 12.5. The number of carbonyl (C=O) groups is 1. The van der Waals surface area contributed by atoms with Crippen molar-refractivity contribution in [2.45, 2.75) is 33.6 Å². The first-order chi connectivity index (χ1) is 12.0. The van der Waals surface area contributed by atoms with Crippen LogP contribution in [0.2, 0.25) is 0 Å². The molecular weight excluding hydrogens is 321 g/mol. The number of rotatable bonds is 8. The minimum absolute atomic E-state index is 0.282. The maximum Gasteiger partial charge on any atom is 0.255 e. The first-order valence-corrected chi connectivity index (χ1v) is 8.52. The molecule has 0 spiro atoms. The number of unbranched alkanes of at least 4 members (excludes halogenated alkanes) is 1. The Kier molecular flexibility index (Phi) is 6.81. The normalized spacial score (nSPS) is 10.4. The van der Waals surface area contributed by atoms with Crippen LogP contribution in [0.3, 0.4) is 0 Å². The van der Waals surface area contributed by atoms with Crippen molar-refractivity contribution >= 4 is 11.6 Å². The van der Waals surface area contributed by atoms with Crippen LogP contribution < -0.4 is 14.8 Å². The Morgan fingerprint density at radius 2 is 1.88 bits per heavy atom. The summed E-state index contributed by atoms with van der Waals surface area (Å²) in [6.45, 7) is 6.81. The van der Waals surface area contributed by atoms with Gasteiger partial charge in [0, 0.05) is 11.3 Å². The summed E-state index contributed by atoms with van der Waals surface area (Å²) < 4.78 is 24.5. The highest BCUT2D eigenvalue weighted by Crippen LogP contribution is 2.29. The first-order valence-electron chi connectivity index (χ1n) is 8.52. The summed E-state index contributed by atoms with van der Waals surface area (Å²) in [5.41, 5.74) is 1.69. The Hall–Kier alpha value is -2.56. The van der Waals surface area contributed by atoms with E-state index in [4.69, 9.17) is 9.47 Å². The Labute approximate surface area is 148 Å². The van der Waals surface area contributed by atoms with Crippen molar-refractivity contribution in [2.75, 3.05) is 18.5 Å². The Balaban J connectivity index is 2.17. The zero-order valence-corrected chi connectivity index (χ0v) is 14.9. The molecule has 2 aromatic carbocycles. The van der Waals surface area contributed by atoms with E-state index in [-0.39, 0.29) is 11.7 Å². The number of anilines is 1. The summed E-state index contributed by atoms with van der Waals surface area (Å²) in [5, 5.41) is 2.79. The van der Waals surface area contributed by atoms with E-state index in [0.717, 1.165) is 12.8 Å². The quantitative estimate of drug-likeness (QED) is 0.688. The van der Waals surface area contributed by atoms with E-state index in [2.05, 4.69) is 12.2 Å². The Morgan fingerprint density at radius 1 is 1.08 bits per heavy atom. The molecule has 4 nitrogen and oxygen atoms in total. The maximum atomic E-state index is 13.2. The van der Waals surface area contributed by atoms with Crippen LogP contribution in [-0.4, -0.2) is 19.1 Å². The van der Waals surface area contributed by atoms with E-state index in [0.29, 0.717) is 41.5 Å². The molecule has 2 aromatic rings. The van der Waals surface area contributed by atoms with Crippen molar-refractivity contribution in [3.05, 3.63) is 53.3 Å². The van der Waals surface area contributed by atoms with E-state index in [1.54, 1.807) is 31.2 Å². The van der Waals surface area contributed by atoms with Crippen LogP contribution in [0.1, 0.15) is 42.6 Å². The second-order valence-electron chi connectivity index (χ2n) is 5.71. The fourth-order valence-electron chi connectivity index (χ4n) is 2.33. The van der Waals surface area contributed by atoms with Gasteiger partial charge in [-0.3, -0.25) is 4.79 Å². The summed E-state index contributed by atoms with van der Waals surface area (Å²) >= 11 is 0. The SMILES string of the molecule is CCCCOc1ccc(C(=O)Nc2ccc(F)cc2C)cc1OCC. The molecule has 0 aliphatic rings. The van der Waals surface area contributed by atoms with Gasteiger partial charge in [0.15, 0.2) is 11.5 Å².